The first-order valence-corrected chi connectivity index (χ1v) is 5.27. The molecule has 1 N–H and O–H groups in total. The molecule has 1 fully saturated rings. The fraction of sp³-hybridized carbons (Fsp3) is 0.667. The van der Waals surface area contributed by atoms with Crippen LogP contribution in [-0.4, -0.2) is 4.98 Å². The lowest BCUT2D eigenvalue weighted by Crippen LogP contribution is -1.88. The van der Waals surface area contributed by atoms with Crippen molar-refractivity contribution in [3.05, 3.63) is 16.9 Å². The van der Waals surface area contributed by atoms with Crippen molar-refractivity contribution in [1.29, 1.82) is 0 Å². The van der Waals surface area contributed by atoms with Gasteiger partial charge in [0.1, 0.15) is 0 Å². The summed E-state index contributed by atoms with van der Waals surface area (Å²) in [6.07, 6.45) is 7.84. The molecule has 0 aliphatic heterocycles. The van der Waals surface area contributed by atoms with Gasteiger partial charge >= 0.3 is 0 Å². The number of hydrogen-bond donors (Lipinski definition) is 1. The molecule has 1 heterocycles. The lowest BCUT2D eigenvalue weighted by atomic mass is 10.1. The molecule has 1 nitrogen and oxygen atoms in total. The van der Waals surface area contributed by atoms with Crippen LogP contribution >= 0.6 is 8.19 Å². The fourth-order valence-electron chi connectivity index (χ4n) is 1.84. The average molecular weight is 167 g/mol. The summed E-state index contributed by atoms with van der Waals surface area (Å²) in [7, 11) is 1.45. The molecule has 1 aromatic rings. The highest BCUT2D eigenvalue weighted by molar-refractivity contribution is 7.31. The Morgan fingerprint density at radius 1 is 1.45 bits per heavy atom. The van der Waals surface area contributed by atoms with Crippen LogP contribution in [0.15, 0.2) is 6.20 Å². The van der Waals surface area contributed by atoms with Crippen molar-refractivity contribution in [2.75, 3.05) is 0 Å². The molecule has 0 amide bonds. The first-order valence-electron chi connectivity index (χ1n) is 4.38. The van der Waals surface area contributed by atoms with Gasteiger partial charge in [-0.25, -0.2) is 0 Å². The molecular formula is C9H14NP. The van der Waals surface area contributed by atoms with Gasteiger partial charge in [0.2, 0.25) is 0 Å². The van der Waals surface area contributed by atoms with E-state index in [2.05, 4.69) is 18.1 Å². The Balaban J connectivity index is 2.15. The molecule has 0 spiro atoms. The molecule has 2 rings (SSSR count). The van der Waals surface area contributed by atoms with Crippen molar-refractivity contribution in [3.8, 4) is 0 Å². The van der Waals surface area contributed by atoms with Gasteiger partial charge in [0, 0.05) is 17.5 Å². The molecular weight excluding hydrogens is 153 g/mol. The molecule has 0 atom stereocenters. The summed E-state index contributed by atoms with van der Waals surface area (Å²) in [5.74, 6) is 0.880. The summed E-state index contributed by atoms with van der Waals surface area (Å²) in [5.41, 5.74) is 1.56. The zero-order valence-electron chi connectivity index (χ0n) is 6.93. The van der Waals surface area contributed by atoms with Gasteiger partial charge in [-0.3, -0.25) is 0 Å². The lowest BCUT2D eigenvalue weighted by Gasteiger charge is -2.03. The van der Waals surface area contributed by atoms with Crippen molar-refractivity contribution in [2.45, 2.75) is 38.5 Å². The highest BCUT2D eigenvalue weighted by Gasteiger charge is 2.18. The van der Waals surface area contributed by atoms with Crippen molar-refractivity contribution in [2.24, 2.45) is 0 Å². The van der Waals surface area contributed by atoms with E-state index in [1.54, 1.807) is 5.43 Å². The van der Waals surface area contributed by atoms with Crippen molar-refractivity contribution < 1.29 is 0 Å². The number of H-pyrrole nitrogens is 1. The third kappa shape index (κ3) is 1.49. The van der Waals surface area contributed by atoms with Crippen LogP contribution in [0.25, 0.3) is 0 Å². The van der Waals surface area contributed by atoms with E-state index >= 15 is 0 Å². The lowest BCUT2D eigenvalue weighted by molar-refractivity contribution is 0.717. The summed E-state index contributed by atoms with van der Waals surface area (Å²) < 4.78 is 0. The Labute approximate surface area is 69.3 Å². The quantitative estimate of drug-likeness (QED) is 0.658. The van der Waals surface area contributed by atoms with Crippen LogP contribution in [-0.2, 0) is 0 Å². The molecule has 1 aliphatic carbocycles. The number of aromatic amines is 1. The first-order chi connectivity index (χ1) is 5.36. The van der Waals surface area contributed by atoms with E-state index in [4.69, 9.17) is 0 Å². The Morgan fingerprint density at radius 2 is 2.18 bits per heavy atom. The number of aryl methyl sites for hydroxylation is 1. The molecule has 0 radical (unpaired) electrons. The zero-order chi connectivity index (χ0) is 7.68. The molecule has 1 aromatic heterocycles. The Kier molecular flexibility index (Phi) is 2.00. The summed E-state index contributed by atoms with van der Waals surface area (Å²) >= 11 is 0. The maximum atomic E-state index is 3.39. The summed E-state index contributed by atoms with van der Waals surface area (Å²) in [4.78, 5) is 3.39. The van der Waals surface area contributed by atoms with E-state index in [1.165, 1.54) is 39.2 Å². The molecule has 1 aliphatic rings. The van der Waals surface area contributed by atoms with Crippen molar-refractivity contribution in [3.63, 3.8) is 0 Å². The standard InChI is InChI=1S/C9H14NP/c1-7-6-10-9(11-7)8-4-2-3-5-8/h6,8,10H,2-5H2,1H3. The highest BCUT2D eigenvalue weighted by atomic mass is 31.0. The van der Waals surface area contributed by atoms with Crippen LogP contribution in [0.5, 0.6) is 0 Å². The van der Waals surface area contributed by atoms with Crippen molar-refractivity contribution in [1.82, 2.24) is 4.98 Å². The van der Waals surface area contributed by atoms with Crippen LogP contribution in [0.2, 0.25) is 0 Å². The normalized spacial score (nSPS) is 20.1. The van der Waals surface area contributed by atoms with Gasteiger partial charge in [-0.1, -0.05) is 12.8 Å². The van der Waals surface area contributed by atoms with Gasteiger partial charge in [0.25, 0.3) is 0 Å². The van der Waals surface area contributed by atoms with Gasteiger partial charge in [-0.05, 0) is 33.3 Å². The van der Waals surface area contributed by atoms with Crippen molar-refractivity contribution >= 4 is 8.19 Å². The van der Waals surface area contributed by atoms with E-state index in [-0.39, 0.29) is 0 Å². The second kappa shape index (κ2) is 2.98. The Morgan fingerprint density at radius 3 is 2.73 bits per heavy atom. The SMILES string of the molecule is Cc1c[nH]c(C2CCCC2)p1. The summed E-state index contributed by atoms with van der Waals surface area (Å²) in [6.45, 7) is 2.19. The Bertz CT molecular complexity index is 235. The monoisotopic (exact) mass is 167 g/mol. The smallest absolute Gasteiger partial charge is 0.0458 e. The van der Waals surface area contributed by atoms with E-state index in [0.29, 0.717) is 0 Å². The third-order valence-corrected chi connectivity index (χ3v) is 3.68. The number of hydrogen-bond acceptors (Lipinski definition) is 0. The van der Waals surface area contributed by atoms with E-state index < -0.39 is 0 Å². The molecule has 11 heavy (non-hydrogen) atoms. The summed E-state index contributed by atoms with van der Waals surface area (Å²) in [5, 5.41) is 1.46. The minimum absolute atomic E-state index is 0.880. The maximum Gasteiger partial charge on any atom is 0.0458 e. The second-order valence-corrected chi connectivity index (χ2v) is 4.82. The zero-order valence-corrected chi connectivity index (χ0v) is 7.82. The van der Waals surface area contributed by atoms with Crippen LogP contribution in [0.1, 0.15) is 42.3 Å². The minimum atomic E-state index is 0.880. The van der Waals surface area contributed by atoms with Crippen LogP contribution in [0.3, 0.4) is 0 Å². The molecule has 1 saturated carbocycles. The minimum Gasteiger partial charge on any atom is -0.360 e. The summed E-state index contributed by atoms with van der Waals surface area (Å²) in [6, 6.07) is 0. The average Bonchev–Trinajstić information content (AvgIpc) is 2.55. The van der Waals surface area contributed by atoms with Gasteiger partial charge in [0.15, 0.2) is 0 Å². The topological polar surface area (TPSA) is 15.8 Å². The van der Waals surface area contributed by atoms with Crippen LogP contribution in [0.4, 0.5) is 0 Å². The molecule has 2 heteroatoms. The van der Waals surface area contributed by atoms with Gasteiger partial charge < -0.3 is 4.98 Å². The molecule has 0 aromatic carbocycles. The van der Waals surface area contributed by atoms with E-state index in [9.17, 15) is 0 Å². The van der Waals surface area contributed by atoms with Gasteiger partial charge in [-0.15, -0.1) is 0 Å². The van der Waals surface area contributed by atoms with Gasteiger partial charge in [0.05, 0.1) is 0 Å². The molecule has 0 saturated heterocycles. The Hall–Kier alpha value is -0.290. The fourth-order valence-corrected chi connectivity index (χ4v) is 2.92. The molecule has 0 unspecified atom stereocenters. The largest absolute Gasteiger partial charge is 0.360 e. The first kappa shape index (κ1) is 7.36. The number of aromatic nitrogens is 1. The third-order valence-electron chi connectivity index (χ3n) is 2.47. The van der Waals surface area contributed by atoms with E-state index in [1.807, 2.05) is 0 Å². The van der Waals surface area contributed by atoms with Crippen LogP contribution < -0.4 is 0 Å². The van der Waals surface area contributed by atoms with E-state index in [0.717, 1.165) is 5.92 Å². The maximum absolute atomic E-state index is 3.39. The number of nitrogens with one attached hydrogen (secondary N) is 1. The van der Waals surface area contributed by atoms with Gasteiger partial charge in [-0.2, -0.15) is 0 Å². The molecule has 0 bridgehead atoms. The number of rotatable bonds is 1. The second-order valence-electron chi connectivity index (χ2n) is 3.41. The van der Waals surface area contributed by atoms with Crippen LogP contribution in [0, 0.1) is 6.92 Å². The predicted octanol–water partition coefficient (Wildman–Crippen LogP) is 3.56. The molecule has 60 valence electrons. The highest BCUT2D eigenvalue weighted by Crippen LogP contribution is 2.37. The predicted molar refractivity (Wildman–Crippen MR) is 49.3 cm³/mol.